The molecule has 2 heteroatoms. The summed E-state index contributed by atoms with van der Waals surface area (Å²) in [5.41, 5.74) is 4.45. The van der Waals surface area contributed by atoms with Crippen LogP contribution in [0.5, 0.6) is 5.75 Å². The van der Waals surface area contributed by atoms with Crippen molar-refractivity contribution >= 4 is 15.9 Å². The molecule has 0 saturated carbocycles. The smallest absolute Gasteiger partial charge is 0.134 e. The highest BCUT2D eigenvalue weighted by Crippen LogP contribution is 2.40. The molecule has 0 unspecified atom stereocenters. The van der Waals surface area contributed by atoms with Gasteiger partial charge < -0.3 is 4.74 Å². The molecule has 0 saturated heterocycles. The van der Waals surface area contributed by atoms with E-state index in [0.29, 0.717) is 12.0 Å². The van der Waals surface area contributed by atoms with E-state index in [9.17, 15) is 0 Å². The summed E-state index contributed by atoms with van der Waals surface area (Å²) in [5, 5.41) is 0. The number of fused-ring (bicyclic) bond motifs is 1. The molecule has 104 valence electrons. The lowest BCUT2D eigenvalue weighted by Crippen LogP contribution is -2.09. The quantitative estimate of drug-likeness (QED) is 0.755. The summed E-state index contributed by atoms with van der Waals surface area (Å²) >= 11 is 3.64. The van der Waals surface area contributed by atoms with Gasteiger partial charge in [0, 0.05) is 0 Å². The van der Waals surface area contributed by atoms with E-state index in [1.807, 2.05) is 18.2 Å². The molecule has 0 atom stereocenters. The molecule has 20 heavy (non-hydrogen) atoms. The van der Waals surface area contributed by atoms with E-state index >= 15 is 0 Å². The molecule has 0 spiro atoms. The van der Waals surface area contributed by atoms with Gasteiger partial charge in [0.05, 0.1) is 4.47 Å². The molecule has 0 amide bonds. The third-order valence-electron chi connectivity index (χ3n) is 3.83. The standard InChI is InChI=1S/C18H19BrO/c1-18(2)10-14-8-16(19)17(9-15(14)11-18)20-12-13-6-4-3-5-7-13/h3-9H,10-12H2,1-2H3. The Balaban J connectivity index is 1.78. The number of benzene rings is 2. The molecule has 2 aromatic carbocycles. The van der Waals surface area contributed by atoms with Gasteiger partial charge in [0.2, 0.25) is 0 Å². The molecule has 1 aliphatic carbocycles. The molecular weight excluding hydrogens is 312 g/mol. The first kappa shape index (κ1) is 13.7. The Morgan fingerprint density at radius 2 is 1.70 bits per heavy atom. The second kappa shape index (κ2) is 5.25. The molecule has 3 rings (SSSR count). The number of ether oxygens (including phenoxy) is 1. The summed E-state index contributed by atoms with van der Waals surface area (Å²) in [4.78, 5) is 0. The fourth-order valence-corrected chi connectivity index (χ4v) is 3.41. The first-order chi connectivity index (χ1) is 9.53. The minimum atomic E-state index is 0.375. The van der Waals surface area contributed by atoms with E-state index in [0.717, 1.165) is 23.1 Å². The van der Waals surface area contributed by atoms with Crippen LogP contribution in [0.4, 0.5) is 0 Å². The van der Waals surface area contributed by atoms with Crippen molar-refractivity contribution in [1.29, 1.82) is 0 Å². The van der Waals surface area contributed by atoms with Crippen molar-refractivity contribution in [3.8, 4) is 5.75 Å². The number of rotatable bonds is 3. The maximum atomic E-state index is 5.97. The Morgan fingerprint density at radius 3 is 2.40 bits per heavy atom. The van der Waals surface area contributed by atoms with Crippen LogP contribution in [-0.4, -0.2) is 0 Å². The van der Waals surface area contributed by atoms with Crippen molar-refractivity contribution in [2.24, 2.45) is 5.41 Å². The summed E-state index contributed by atoms with van der Waals surface area (Å²) in [6.07, 6.45) is 2.29. The van der Waals surface area contributed by atoms with Crippen LogP contribution in [0.15, 0.2) is 46.9 Å². The predicted octanol–water partition coefficient (Wildman–Crippen LogP) is 5.15. The largest absolute Gasteiger partial charge is 0.488 e. The Morgan fingerprint density at radius 1 is 1.05 bits per heavy atom. The Hall–Kier alpha value is -1.28. The summed E-state index contributed by atoms with van der Waals surface area (Å²) < 4.78 is 7.03. The molecule has 0 bridgehead atoms. The van der Waals surface area contributed by atoms with Crippen molar-refractivity contribution < 1.29 is 4.74 Å². The molecule has 0 radical (unpaired) electrons. The van der Waals surface area contributed by atoms with Crippen LogP contribution in [0.2, 0.25) is 0 Å². The third kappa shape index (κ3) is 2.90. The SMILES string of the molecule is CC1(C)Cc2cc(Br)c(OCc3ccccc3)cc2C1. The van der Waals surface area contributed by atoms with Crippen LogP contribution in [0.1, 0.15) is 30.5 Å². The van der Waals surface area contributed by atoms with Gasteiger partial charge in [0.25, 0.3) is 0 Å². The van der Waals surface area contributed by atoms with E-state index in [4.69, 9.17) is 4.74 Å². The Bertz CT molecular complexity index is 617. The zero-order chi connectivity index (χ0) is 14.2. The first-order valence-electron chi connectivity index (χ1n) is 7.01. The van der Waals surface area contributed by atoms with E-state index in [1.54, 1.807) is 0 Å². The summed E-state index contributed by atoms with van der Waals surface area (Å²) in [7, 11) is 0. The maximum Gasteiger partial charge on any atom is 0.134 e. The zero-order valence-electron chi connectivity index (χ0n) is 11.9. The topological polar surface area (TPSA) is 9.23 Å². The predicted molar refractivity (Wildman–Crippen MR) is 86.1 cm³/mol. The molecule has 1 aliphatic rings. The van der Waals surface area contributed by atoms with Gasteiger partial charge >= 0.3 is 0 Å². The first-order valence-corrected chi connectivity index (χ1v) is 7.81. The van der Waals surface area contributed by atoms with Crippen LogP contribution >= 0.6 is 15.9 Å². The molecule has 0 N–H and O–H groups in total. The fourth-order valence-electron chi connectivity index (χ4n) is 2.91. The number of halogens is 1. The van der Waals surface area contributed by atoms with E-state index in [1.165, 1.54) is 16.7 Å². The van der Waals surface area contributed by atoms with Crippen molar-refractivity contribution in [2.45, 2.75) is 33.3 Å². The lowest BCUT2D eigenvalue weighted by molar-refractivity contribution is 0.304. The van der Waals surface area contributed by atoms with Gasteiger partial charge in [-0.1, -0.05) is 44.2 Å². The molecule has 0 heterocycles. The van der Waals surface area contributed by atoms with Gasteiger partial charge in [0.1, 0.15) is 12.4 Å². The van der Waals surface area contributed by atoms with E-state index in [2.05, 4.69) is 54.0 Å². The average Bonchev–Trinajstić information content (AvgIpc) is 2.70. The molecule has 2 aromatic rings. The highest BCUT2D eigenvalue weighted by molar-refractivity contribution is 9.10. The van der Waals surface area contributed by atoms with Gasteiger partial charge in [-0.15, -0.1) is 0 Å². The third-order valence-corrected chi connectivity index (χ3v) is 4.45. The Labute approximate surface area is 129 Å². The van der Waals surface area contributed by atoms with Crippen molar-refractivity contribution in [3.63, 3.8) is 0 Å². The Kier molecular flexibility index (Phi) is 3.59. The van der Waals surface area contributed by atoms with Gasteiger partial charge in [-0.25, -0.2) is 0 Å². The normalized spacial score (nSPS) is 15.9. The van der Waals surface area contributed by atoms with Crippen molar-refractivity contribution in [3.05, 3.63) is 63.6 Å². The summed E-state index contributed by atoms with van der Waals surface area (Å²) in [6.45, 7) is 5.26. The van der Waals surface area contributed by atoms with Gasteiger partial charge in [-0.3, -0.25) is 0 Å². The average molecular weight is 331 g/mol. The highest BCUT2D eigenvalue weighted by atomic mass is 79.9. The minimum Gasteiger partial charge on any atom is -0.488 e. The lowest BCUT2D eigenvalue weighted by Gasteiger charge is -2.14. The van der Waals surface area contributed by atoms with E-state index < -0.39 is 0 Å². The molecular formula is C18H19BrO. The van der Waals surface area contributed by atoms with Crippen molar-refractivity contribution in [2.75, 3.05) is 0 Å². The molecule has 0 fully saturated rings. The van der Waals surface area contributed by atoms with E-state index in [-0.39, 0.29) is 0 Å². The highest BCUT2D eigenvalue weighted by Gasteiger charge is 2.29. The second-order valence-electron chi connectivity index (χ2n) is 6.34. The van der Waals surface area contributed by atoms with Crippen LogP contribution < -0.4 is 4.74 Å². The fraction of sp³-hybridized carbons (Fsp3) is 0.333. The second-order valence-corrected chi connectivity index (χ2v) is 7.20. The van der Waals surface area contributed by atoms with Crippen LogP contribution in [0, 0.1) is 5.41 Å². The van der Waals surface area contributed by atoms with Crippen LogP contribution in [0.3, 0.4) is 0 Å². The maximum absolute atomic E-state index is 5.97. The van der Waals surface area contributed by atoms with Gasteiger partial charge in [-0.2, -0.15) is 0 Å². The molecule has 0 aromatic heterocycles. The summed E-state index contributed by atoms with van der Waals surface area (Å²) in [5.74, 6) is 0.949. The number of hydrogen-bond donors (Lipinski definition) is 0. The lowest BCUT2D eigenvalue weighted by atomic mass is 9.90. The van der Waals surface area contributed by atoms with Crippen LogP contribution in [0.25, 0.3) is 0 Å². The minimum absolute atomic E-state index is 0.375. The van der Waals surface area contributed by atoms with Crippen LogP contribution in [-0.2, 0) is 19.4 Å². The van der Waals surface area contributed by atoms with Gasteiger partial charge in [0.15, 0.2) is 0 Å². The zero-order valence-corrected chi connectivity index (χ0v) is 13.5. The monoisotopic (exact) mass is 330 g/mol. The molecule has 1 nitrogen and oxygen atoms in total. The van der Waals surface area contributed by atoms with Crippen molar-refractivity contribution in [1.82, 2.24) is 0 Å². The van der Waals surface area contributed by atoms with Gasteiger partial charge in [-0.05, 0) is 63.0 Å². The molecule has 0 aliphatic heterocycles. The summed E-state index contributed by atoms with van der Waals surface area (Å²) in [6, 6.07) is 14.7. The number of hydrogen-bond acceptors (Lipinski definition) is 1.